The van der Waals surface area contributed by atoms with Crippen molar-refractivity contribution in [3.8, 4) is 5.75 Å². The predicted molar refractivity (Wildman–Crippen MR) is 203 cm³/mol. The van der Waals surface area contributed by atoms with Crippen LogP contribution < -0.4 is 10.1 Å². The molecule has 3 aromatic rings. The summed E-state index contributed by atoms with van der Waals surface area (Å²) in [4.78, 5) is 79.4. The topological polar surface area (TPSA) is 204 Å². The van der Waals surface area contributed by atoms with E-state index in [1.165, 1.54) is 58.3 Å². The molecule has 4 atom stereocenters. The molecule has 6 rings (SSSR count). The van der Waals surface area contributed by atoms with Gasteiger partial charge in [0.1, 0.15) is 31.0 Å². The van der Waals surface area contributed by atoms with E-state index >= 15 is 0 Å². The number of nitrogens with one attached hydrogen (secondary N) is 1. The van der Waals surface area contributed by atoms with Crippen LogP contribution in [0.1, 0.15) is 42.4 Å². The quantitative estimate of drug-likeness (QED) is 0.179. The lowest BCUT2D eigenvalue weighted by atomic mass is 10.1. The number of hydrogen-bond donors (Lipinski definition) is 1. The molecule has 3 aromatic carbocycles. The highest BCUT2D eigenvalue weighted by atomic mass is 32.2. The van der Waals surface area contributed by atoms with Gasteiger partial charge in [-0.2, -0.15) is 11.8 Å². The van der Waals surface area contributed by atoms with Gasteiger partial charge in [-0.25, -0.2) is 9.59 Å². The number of benzene rings is 3. The lowest BCUT2D eigenvalue weighted by molar-refractivity contribution is -0.385. The molecule has 3 heterocycles. The molecular formula is C38H42N6O11S. The normalized spacial score (nSPS) is 20.4. The van der Waals surface area contributed by atoms with Crippen LogP contribution in [-0.4, -0.2) is 105 Å². The Hall–Kier alpha value is -5.91. The zero-order chi connectivity index (χ0) is 39.8. The molecule has 0 unspecified atom stereocenters. The number of hydrogen-bond acceptors (Lipinski definition) is 12. The lowest BCUT2D eigenvalue weighted by Gasteiger charge is -2.28. The van der Waals surface area contributed by atoms with Crippen molar-refractivity contribution in [3.63, 3.8) is 0 Å². The molecule has 3 aliphatic rings. The summed E-state index contributed by atoms with van der Waals surface area (Å²) in [5.74, 6) is 0.800. The third-order valence-corrected chi connectivity index (χ3v) is 11.4. The van der Waals surface area contributed by atoms with E-state index < -0.39 is 34.1 Å². The number of non-ortho nitro benzene ring substituents is 2. The van der Waals surface area contributed by atoms with Gasteiger partial charge in [-0.3, -0.25) is 39.6 Å². The first-order chi connectivity index (χ1) is 27.0. The molecule has 0 spiro atoms. The lowest BCUT2D eigenvalue weighted by Crippen LogP contribution is -2.51. The Kier molecular flexibility index (Phi) is 12.9. The molecule has 0 aliphatic carbocycles. The van der Waals surface area contributed by atoms with E-state index in [0.717, 1.165) is 11.3 Å². The highest BCUT2D eigenvalue weighted by molar-refractivity contribution is 7.99. The van der Waals surface area contributed by atoms with Gasteiger partial charge >= 0.3 is 12.2 Å². The summed E-state index contributed by atoms with van der Waals surface area (Å²) in [6, 6.07) is 17.1. The van der Waals surface area contributed by atoms with E-state index in [1.54, 1.807) is 23.8 Å². The Morgan fingerprint density at radius 3 is 1.89 bits per heavy atom. The number of nitro groups is 2. The largest absolute Gasteiger partial charge is 0.497 e. The number of methoxy groups -OCH3 is 1. The Bertz CT molecular complexity index is 1910. The van der Waals surface area contributed by atoms with Gasteiger partial charge in [0, 0.05) is 67.5 Å². The molecule has 3 fully saturated rings. The first-order valence-corrected chi connectivity index (χ1v) is 19.2. The van der Waals surface area contributed by atoms with Crippen molar-refractivity contribution in [2.45, 2.75) is 68.0 Å². The van der Waals surface area contributed by atoms with Gasteiger partial charge in [0.2, 0.25) is 11.8 Å². The third-order valence-electron chi connectivity index (χ3n) is 10.1. The smallest absolute Gasteiger partial charge is 0.410 e. The van der Waals surface area contributed by atoms with Crippen LogP contribution in [0, 0.1) is 20.2 Å². The maximum atomic E-state index is 14.1. The van der Waals surface area contributed by atoms with Crippen molar-refractivity contribution >= 4 is 47.1 Å². The first-order valence-electron chi connectivity index (χ1n) is 18.2. The summed E-state index contributed by atoms with van der Waals surface area (Å²) in [6.07, 6.45) is 0.615. The number of nitro benzene ring substituents is 2. The Balaban J connectivity index is 1.04. The molecule has 4 amide bonds. The molecule has 56 heavy (non-hydrogen) atoms. The number of amides is 4. The van der Waals surface area contributed by atoms with Crippen LogP contribution >= 0.6 is 11.8 Å². The average molecular weight is 791 g/mol. The molecule has 3 aliphatic heterocycles. The monoisotopic (exact) mass is 790 g/mol. The number of carbonyl (C=O) groups excluding carboxylic acids is 4. The van der Waals surface area contributed by atoms with Crippen molar-refractivity contribution in [1.29, 1.82) is 0 Å². The Morgan fingerprint density at radius 2 is 1.32 bits per heavy atom. The maximum absolute atomic E-state index is 14.1. The summed E-state index contributed by atoms with van der Waals surface area (Å²) in [7, 11) is 1.60. The van der Waals surface area contributed by atoms with Gasteiger partial charge in [0.15, 0.2) is 0 Å². The standard InChI is InChI=1S/C38H42N6O11S/c1-53-31-14-8-27(9-15-31)24-56-32-19-34(42(21-32)38(48)55-23-26-6-12-30(13-7-26)44(51)52)36(46)40-18-16-28(20-40)39-35(45)33-3-2-17-41(33)37(47)54-22-25-4-10-29(11-5-25)43(49)50/h4-15,28,32-34H,2-3,16-24H2,1H3,(H,39,45)/t28-,32-,33+,34-/m0/s1. The number of nitrogens with zero attached hydrogens (tertiary/aromatic N) is 5. The molecule has 0 aromatic heterocycles. The Labute approximate surface area is 326 Å². The van der Waals surface area contributed by atoms with E-state index in [4.69, 9.17) is 14.2 Å². The van der Waals surface area contributed by atoms with Crippen LogP contribution in [-0.2, 0) is 38.0 Å². The molecule has 296 valence electrons. The summed E-state index contributed by atoms with van der Waals surface area (Å²) in [6.45, 7) is 0.975. The SMILES string of the molecule is COc1ccc(CS[C@H]2C[C@@H](C(=O)N3CC[C@H](NC(=O)[C@H]4CCCN4C(=O)OCc4ccc([N+](=O)[O-])cc4)C3)N(C(=O)OCc3ccc([N+](=O)[O-])cc3)C2)cc1. The van der Waals surface area contributed by atoms with Gasteiger partial charge in [-0.1, -0.05) is 12.1 Å². The van der Waals surface area contributed by atoms with Gasteiger partial charge < -0.3 is 24.4 Å². The van der Waals surface area contributed by atoms with Crippen LogP contribution in [0.4, 0.5) is 21.0 Å². The second-order valence-electron chi connectivity index (χ2n) is 13.8. The summed E-state index contributed by atoms with van der Waals surface area (Å²) in [5, 5.41) is 24.9. The molecule has 0 bridgehead atoms. The zero-order valence-corrected chi connectivity index (χ0v) is 31.5. The van der Waals surface area contributed by atoms with Crippen molar-refractivity contribution in [2.24, 2.45) is 0 Å². The van der Waals surface area contributed by atoms with Gasteiger partial charge in [0.05, 0.1) is 17.0 Å². The molecule has 0 saturated carbocycles. The molecule has 17 nitrogen and oxygen atoms in total. The number of ether oxygens (including phenoxy) is 3. The number of rotatable bonds is 13. The van der Waals surface area contributed by atoms with E-state index in [1.807, 2.05) is 24.3 Å². The number of likely N-dealkylation sites (tertiary alicyclic amines) is 3. The van der Waals surface area contributed by atoms with Crippen molar-refractivity contribution in [3.05, 3.63) is 110 Å². The van der Waals surface area contributed by atoms with Gasteiger partial charge in [-0.05, 0) is 78.8 Å². The second kappa shape index (κ2) is 18.1. The zero-order valence-electron chi connectivity index (χ0n) is 30.7. The van der Waals surface area contributed by atoms with E-state index in [0.29, 0.717) is 55.7 Å². The summed E-state index contributed by atoms with van der Waals surface area (Å²) < 4.78 is 16.3. The van der Waals surface area contributed by atoms with Crippen LogP contribution in [0.25, 0.3) is 0 Å². The van der Waals surface area contributed by atoms with Crippen LogP contribution in [0.15, 0.2) is 72.8 Å². The molecule has 1 N–H and O–H groups in total. The van der Waals surface area contributed by atoms with Crippen LogP contribution in [0.3, 0.4) is 0 Å². The average Bonchev–Trinajstić information content (AvgIpc) is 3.99. The minimum atomic E-state index is -0.793. The van der Waals surface area contributed by atoms with Crippen LogP contribution in [0.2, 0.25) is 0 Å². The predicted octanol–water partition coefficient (Wildman–Crippen LogP) is 5.04. The van der Waals surface area contributed by atoms with Crippen molar-refractivity contribution in [1.82, 2.24) is 20.0 Å². The molecular weight excluding hydrogens is 749 g/mol. The van der Waals surface area contributed by atoms with Gasteiger partial charge in [-0.15, -0.1) is 0 Å². The third kappa shape index (κ3) is 9.84. The number of thioether (sulfide) groups is 1. The minimum Gasteiger partial charge on any atom is -0.497 e. The summed E-state index contributed by atoms with van der Waals surface area (Å²) in [5.41, 5.74) is 2.04. The first kappa shape index (κ1) is 39.8. The second-order valence-corrected chi connectivity index (χ2v) is 15.1. The Morgan fingerprint density at radius 1 is 0.750 bits per heavy atom. The van der Waals surface area contributed by atoms with Gasteiger partial charge in [0.25, 0.3) is 11.4 Å². The maximum Gasteiger partial charge on any atom is 0.410 e. The fourth-order valence-corrected chi connectivity index (χ4v) is 8.22. The van der Waals surface area contributed by atoms with E-state index in [9.17, 15) is 39.4 Å². The fraction of sp³-hybridized carbons (Fsp3) is 0.421. The molecule has 0 radical (unpaired) electrons. The molecule has 18 heteroatoms. The highest BCUT2D eigenvalue weighted by Crippen LogP contribution is 2.33. The highest BCUT2D eigenvalue weighted by Gasteiger charge is 2.44. The van der Waals surface area contributed by atoms with Crippen LogP contribution in [0.5, 0.6) is 5.75 Å². The summed E-state index contributed by atoms with van der Waals surface area (Å²) >= 11 is 1.63. The fourth-order valence-electron chi connectivity index (χ4n) is 7.02. The van der Waals surface area contributed by atoms with Crippen molar-refractivity contribution in [2.75, 3.05) is 33.3 Å². The van der Waals surface area contributed by atoms with Crippen molar-refractivity contribution < 1.29 is 43.2 Å². The van der Waals surface area contributed by atoms with E-state index in [-0.39, 0.29) is 60.8 Å². The number of carbonyl (C=O) groups is 4. The molecule has 3 saturated heterocycles. The van der Waals surface area contributed by atoms with E-state index in [2.05, 4.69) is 5.32 Å². The minimum absolute atomic E-state index is 0.0652.